The lowest BCUT2D eigenvalue weighted by molar-refractivity contribution is -0.148. The quantitative estimate of drug-likeness (QED) is 0.832. The number of aromatic nitrogens is 1. The van der Waals surface area contributed by atoms with Crippen molar-refractivity contribution >= 4 is 23.5 Å². The summed E-state index contributed by atoms with van der Waals surface area (Å²) in [6.45, 7) is 4.04. The van der Waals surface area contributed by atoms with Crippen molar-refractivity contribution in [3.8, 4) is 0 Å². The van der Waals surface area contributed by atoms with E-state index < -0.39 is 29.2 Å². The molecule has 3 heterocycles. The van der Waals surface area contributed by atoms with Gasteiger partial charge in [-0.1, -0.05) is 38.1 Å². The van der Waals surface area contributed by atoms with Crippen LogP contribution in [0.2, 0.25) is 0 Å². The van der Waals surface area contributed by atoms with Gasteiger partial charge < -0.3 is 15.3 Å². The summed E-state index contributed by atoms with van der Waals surface area (Å²) >= 11 is 0. The van der Waals surface area contributed by atoms with E-state index in [1.807, 2.05) is 13.8 Å². The zero-order chi connectivity index (χ0) is 20.8. The molecule has 0 unspecified atom stereocenters. The summed E-state index contributed by atoms with van der Waals surface area (Å²) in [6, 6.07) is 11.6. The minimum atomic E-state index is -1.59. The summed E-state index contributed by atoms with van der Waals surface area (Å²) in [5.41, 5.74) is -0.305. The maximum absolute atomic E-state index is 13.6. The van der Waals surface area contributed by atoms with Crippen LogP contribution in [0.4, 0.5) is 5.69 Å². The highest BCUT2D eigenvalue weighted by Gasteiger charge is 2.66. The van der Waals surface area contributed by atoms with Crippen molar-refractivity contribution in [2.45, 2.75) is 38.3 Å². The predicted molar refractivity (Wildman–Crippen MR) is 106 cm³/mol. The number of fused-ring (bicyclic) bond motifs is 2. The summed E-state index contributed by atoms with van der Waals surface area (Å²) in [5, 5.41) is 12.9. The third-order valence-corrected chi connectivity index (χ3v) is 5.83. The molecular weight excluding hydrogens is 370 g/mol. The Balaban J connectivity index is 1.95. The number of likely N-dealkylation sites (tertiary alicyclic amines) is 1. The van der Waals surface area contributed by atoms with Gasteiger partial charge in [0.05, 0.1) is 5.92 Å². The van der Waals surface area contributed by atoms with Crippen LogP contribution in [0.3, 0.4) is 0 Å². The van der Waals surface area contributed by atoms with Crippen LogP contribution in [0.25, 0.3) is 0 Å². The Morgan fingerprint density at radius 3 is 2.62 bits per heavy atom. The standard InChI is InChI=1S/C22H23N3O4/c1-13(2)11-14-12-16(20(27)28)22(15-7-3-4-8-17(15)24-21(22)29)25(14)19(26)18-9-5-6-10-23-18/h3-10,13-14,16H,11-12H2,1-2H3,(H,24,29)(H,27,28)/t14-,16-,22+/m0/s1. The average Bonchev–Trinajstić information content (AvgIpc) is 3.18. The van der Waals surface area contributed by atoms with Crippen LogP contribution in [-0.4, -0.2) is 38.8 Å². The van der Waals surface area contributed by atoms with Crippen LogP contribution >= 0.6 is 0 Å². The van der Waals surface area contributed by atoms with E-state index in [4.69, 9.17) is 0 Å². The predicted octanol–water partition coefficient (Wildman–Crippen LogP) is 2.89. The Hall–Kier alpha value is -3.22. The number of carboxylic acids is 1. The van der Waals surface area contributed by atoms with Gasteiger partial charge in [0.25, 0.3) is 11.8 Å². The number of hydrogen-bond acceptors (Lipinski definition) is 4. The summed E-state index contributed by atoms with van der Waals surface area (Å²) < 4.78 is 0. The van der Waals surface area contributed by atoms with Crippen molar-refractivity contribution < 1.29 is 19.5 Å². The summed E-state index contributed by atoms with van der Waals surface area (Å²) in [6.07, 6.45) is 2.33. The van der Waals surface area contributed by atoms with Crippen molar-refractivity contribution in [1.29, 1.82) is 0 Å². The Labute approximate surface area is 168 Å². The van der Waals surface area contributed by atoms with Crippen molar-refractivity contribution in [2.24, 2.45) is 11.8 Å². The normalized spacial score (nSPS) is 25.3. The zero-order valence-corrected chi connectivity index (χ0v) is 16.3. The van der Waals surface area contributed by atoms with Gasteiger partial charge in [-0.3, -0.25) is 19.4 Å². The molecule has 0 radical (unpaired) electrons. The van der Waals surface area contributed by atoms with Crippen molar-refractivity contribution in [1.82, 2.24) is 9.88 Å². The second kappa shape index (κ2) is 6.99. The van der Waals surface area contributed by atoms with Gasteiger partial charge >= 0.3 is 5.97 Å². The van der Waals surface area contributed by atoms with Crippen LogP contribution in [0.1, 0.15) is 42.7 Å². The molecule has 2 aliphatic rings. The lowest BCUT2D eigenvalue weighted by Gasteiger charge is -2.38. The van der Waals surface area contributed by atoms with Gasteiger partial charge in [0.2, 0.25) is 0 Å². The molecular formula is C22H23N3O4. The highest BCUT2D eigenvalue weighted by molar-refractivity contribution is 6.11. The number of amides is 2. The van der Waals surface area contributed by atoms with E-state index in [1.165, 1.54) is 11.1 Å². The number of carboxylic acid groups (broad SMARTS) is 1. The maximum Gasteiger partial charge on any atom is 0.309 e. The van der Waals surface area contributed by atoms with Gasteiger partial charge in [0, 0.05) is 23.5 Å². The fraction of sp³-hybridized carbons (Fsp3) is 0.364. The minimum Gasteiger partial charge on any atom is -0.481 e. The first-order valence-electron chi connectivity index (χ1n) is 9.75. The number of hydrogen-bond donors (Lipinski definition) is 2. The fourth-order valence-electron chi connectivity index (χ4n) is 4.82. The fourth-order valence-corrected chi connectivity index (χ4v) is 4.82. The maximum atomic E-state index is 13.6. The number of rotatable bonds is 4. The first-order valence-corrected chi connectivity index (χ1v) is 9.75. The van der Waals surface area contributed by atoms with Crippen LogP contribution in [0.5, 0.6) is 0 Å². The molecule has 4 rings (SSSR count). The van der Waals surface area contributed by atoms with Crippen molar-refractivity contribution in [3.05, 3.63) is 59.9 Å². The monoisotopic (exact) mass is 393 g/mol. The van der Waals surface area contributed by atoms with Gasteiger partial charge in [-0.15, -0.1) is 0 Å². The number of nitrogens with zero attached hydrogens (tertiary/aromatic N) is 2. The molecule has 7 nitrogen and oxygen atoms in total. The van der Waals surface area contributed by atoms with E-state index in [1.54, 1.807) is 42.5 Å². The van der Waals surface area contributed by atoms with Crippen LogP contribution < -0.4 is 5.32 Å². The Bertz CT molecular complexity index is 975. The molecule has 0 aliphatic carbocycles. The third-order valence-electron chi connectivity index (χ3n) is 5.83. The first-order chi connectivity index (χ1) is 13.9. The molecule has 1 aromatic heterocycles. The second-order valence-electron chi connectivity index (χ2n) is 8.07. The van der Waals surface area contributed by atoms with Crippen LogP contribution in [0, 0.1) is 11.8 Å². The number of benzene rings is 1. The molecule has 1 spiro atoms. The smallest absolute Gasteiger partial charge is 0.309 e. The highest BCUT2D eigenvalue weighted by Crippen LogP contribution is 2.54. The number of pyridine rings is 1. The van der Waals surface area contributed by atoms with Gasteiger partial charge in [-0.25, -0.2) is 0 Å². The topological polar surface area (TPSA) is 99.6 Å². The molecule has 0 bridgehead atoms. The van der Waals surface area contributed by atoms with E-state index in [0.717, 1.165) is 0 Å². The second-order valence-corrected chi connectivity index (χ2v) is 8.07. The molecule has 3 atom stereocenters. The number of carbonyl (C=O) groups is 3. The Morgan fingerprint density at radius 1 is 1.24 bits per heavy atom. The first kappa shape index (κ1) is 19.1. The van der Waals surface area contributed by atoms with Gasteiger partial charge in [-0.2, -0.15) is 0 Å². The largest absolute Gasteiger partial charge is 0.481 e. The SMILES string of the molecule is CC(C)C[C@H]1C[C@@H](C(=O)O)[C@]2(C(=O)Nc3ccccc32)N1C(=O)c1ccccn1. The van der Waals surface area contributed by atoms with E-state index in [2.05, 4.69) is 10.3 Å². The molecule has 29 heavy (non-hydrogen) atoms. The average molecular weight is 393 g/mol. The van der Waals surface area contributed by atoms with Gasteiger partial charge in [-0.05, 0) is 37.0 Å². The Kier molecular flexibility index (Phi) is 4.61. The summed E-state index contributed by atoms with van der Waals surface area (Å²) in [5.74, 6) is -2.79. The van der Waals surface area contributed by atoms with Gasteiger partial charge in [0.15, 0.2) is 5.54 Å². The molecule has 1 fully saturated rings. The molecule has 2 aliphatic heterocycles. The van der Waals surface area contributed by atoms with E-state index in [9.17, 15) is 19.5 Å². The lowest BCUT2D eigenvalue weighted by Crippen LogP contribution is -2.56. The van der Waals surface area contributed by atoms with Crippen molar-refractivity contribution in [3.63, 3.8) is 0 Å². The number of aliphatic carboxylic acids is 1. The molecule has 2 amide bonds. The van der Waals surface area contributed by atoms with Gasteiger partial charge in [0.1, 0.15) is 5.69 Å². The minimum absolute atomic E-state index is 0.198. The lowest BCUT2D eigenvalue weighted by atomic mass is 9.79. The molecule has 1 aromatic carbocycles. The van der Waals surface area contributed by atoms with E-state index in [0.29, 0.717) is 17.7 Å². The van der Waals surface area contributed by atoms with Crippen LogP contribution in [-0.2, 0) is 15.1 Å². The van der Waals surface area contributed by atoms with Crippen LogP contribution in [0.15, 0.2) is 48.7 Å². The summed E-state index contributed by atoms with van der Waals surface area (Å²) in [7, 11) is 0. The molecule has 2 aromatic rings. The number of para-hydroxylation sites is 1. The molecule has 2 N–H and O–H groups in total. The molecule has 1 saturated heterocycles. The van der Waals surface area contributed by atoms with Crippen molar-refractivity contribution in [2.75, 3.05) is 5.32 Å². The number of nitrogens with one attached hydrogen (secondary N) is 1. The number of anilines is 1. The van der Waals surface area contributed by atoms with E-state index in [-0.39, 0.29) is 24.1 Å². The molecule has 7 heteroatoms. The molecule has 150 valence electrons. The number of carbonyl (C=O) groups excluding carboxylic acids is 2. The Morgan fingerprint density at radius 2 is 1.97 bits per heavy atom. The highest BCUT2D eigenvalue weighted by atomic mass is 16.4. The third kappa shape index (κ3) is 2.80. The summed E-state index contributed by atoms with van der Waals surface area (Å²) in [4.78, 5) is 45.0. The molecule has 0 saturated carbocycles. The van der Waals surface area contributed by atoms with E-state index >= 15 is 0 Å². The zero-order valence-electron chi connectivity index (χ0n) is 16.3.